The molecule has 1 unspecified atom stereocenters. The standard InChI is InChI=1S/C11H17NO4S2/c1-8-5-11(9(2)17-8)18(14,15)12-3-4-16-7-10(12)6-13/h5,10,13H,3-4,6-7H2,1-2H3. The lowest BCUT2D eigenvalue weighted by atomic mass is 10.3. The van der Waals surface area contributed by atoms with Crippen molar-refractivity contribution in [3.8, 4) is 0 Å². The maximum atomic E-state index is 12.6. The predicted molar refractivity (Wildman–Crippen MR) is 69.4 cm³/mol. The van der Waals surface area contributed by atoms with Crippen LogP contribution in [0.1, 0.15) is 9.75 Å². The first kappa shape index (κ1) is 14.0. The summed E-state index contributed by atoms with van der Waals surface area (Å²) < 4.78 is 31.7. The molecule has 1 aliphatic heterocycles. The van der Waals surface area contributed by atoms with E-state index >= 15 is 0 Å². The van der Waals surface area contributed by atoms with Crippen LogP contribution in [0.3, 0.4) is 0 Å². The minimum Gasteiger partial charge on any atom is -0.395 e. The summed E-state index contributed by atoms with van der Waals surface area (Å²) >= 11 is 1.47. The Kier molecular flexibility index (Phi) is 4.08. The maximum Gasteiger partial charge on any atom is 0.244 e. The molecule has 2 rings (SSSR count). The maximum absolute atomic E-state index is 12.6. The van der Waals surface area contributed by atoms with Gasteiger partial charge in [-0.2, -0.15) is 4.31 Å². The number of hydrogen-bond donors (Lipinski definition) is 1. The highest BCUT2D eigenvalue weighted by molar-refractivity contribution is 7.89. The van der Waals surface area contributed by atoms with Crippen molar-refractivity contribution >= 4 is 21.4 Å². The van der Waals surface area contributed by atoms with Crippen molar-refractivity contribution in [2.75, 3.05) is 26.4 Å². The average molecular weight is 291 g/mol. The highest BCUT2D eigenvalue weighted by Crippen LogP contribution is 2.29. The molecule has 0 aromatic carbocycles. The van der Waals surface area contributed by atoms with Crippen molar-refractivity contribution in [3.05, 3.63) is 15.8 Å². The van der Waals surface area contributed by atoms with Crippen molar-refractivity contribution in [2.24, 2.45) is 0 Å². The number of thiophene rings is 1. The fourth-order valence-electron chi connectivity index (χ4n) is 2.09. The van der Waals surface area contributed by atoms with Gasteiger partial charge in [-0.3, -0.25) is 0 Å². The van der Waals surface area contributed by atoms with Crippen molar-refractivity contribution < 1.29 is 18.3 Å². The van der Waals surface area contributed by atoms with E-state index in [0.29, 0.717) is 18.0 Å². The molecule has 0 bridgehead atoms. The second kappa shape index (κ2) is 5.26. The van der Waals surface area contributed by atoms with Crippen molar-refractivity contribution in [1.29, 1.82) is 0 Å². The van der Waals surface area contributed by atoms with Gasteiger partial charge in [0.05, 0.1) is 30.8 Å². The van der Waals surface area contributed by atoms with Gasteiger partial charge in [-0.25, -0.2) is 8.42 Å². The summed E-state index contributed by atoms with van der Waals surface area (Å²) in [5.41, 5.74) is 0. The summed E-state index contributed by atoms with van der Waals surface area (Å²) in [6, 6.07) is 1.21. The van der Waals surface area contributed by atoms with Gasteiger partial charge in [-0.05, 0) is 19.9 Å². The zero-order valence-corrected chi connectivity index (χ0v) is 12.1. The molecule has 1 fully saturated rings. The summed E-state index contributed by atoms with van der Waals surface area (Å²) in [6.07, 6.45) is 0. The third-order valence-electron chi connectivity index (χ3n) is 2.97. The number of aryl methyl sites for hydroxylation is 2. The normalized spacial score (nSPS) is 22.3. The Morgan fingerprint density at radius 1 is 1.56 bits per heavy atom. The van der Waals surface area contributed by atoms with E-state index < -0.39 is 16.1 Å². The number of nitrogens with zero attached hydrogens (tertiary/aromatic N) is 1. The fraction of sp³-hybridized carbons (Fsp3) is 0.636. The lowest BCUT2D eigenvalue weighted by Crippen LogP contribution is -2.50. The molecule has 102 valence electrons. The van der Waals surface area contributed by atoms with Crippen LogP contribution in [0.4, 0.5) is 0 Å². The molecular weight excluding hydrogens is 274 g/mol. The Hall–Kier alpha value is -0.470. The van der Waals surface area contributed by atoms with Crippen LogP contribution in [0.5, 0.6) is 0 Å². The summed E-state index contributed by atoms with van der Waals surface area (Å²) in [4.78, 5) is 2.11. The first-order valence-corrected chi connectivity index (χ1v) is 8.00. The minimum atomic E-state index is -3.53. The summed E-state index contributed by atoms with van der Waals surface area (Å²) in [5.74, 6) is 0. The third-order valence-corrected chi connectivity index (χ3v) is 6.14. The molecule has 1 aromatic rings. The molecule has 7 heteroatoms. The van der Waals surface area contributed by atoms with Crippen LogP contribution in [-0.2, 0) is 14.8 Å². The number of morpholine rings is 1. The second-order valence-corrected chi connectivity index (χ2v) is 7.62. The van der Waals surface area contributed by atoms with E-state index in [1.54, 1.807) is 13.0 Å². The van der Waals surface area contributed by atoms with E-state index in [-0.39, 0.29) is 13.2 Å². The van der Waals surface area contributed by atoms with Crippen LogP contribution in [0, 0.1) is 13.8 Å². The third kappa shape index (κ3) is 2.46. The Bertz CT molecular complexity index is 523. The van der Waals surface area contributed by atoms with Crippen LogP contribution in [0.2, 0.25) is 0 Å². The van der Waals surface area contributed by atoms with Gasteiger partial charge in [0.2, 0.25) is 10.0 Å². The molecule has 0 radical (unpaired) electrons. The van der Waals surface area contributed by atoms with Crippen LogP contribution < -0.4 is 0 Å². The molecule has 1 aliphatic rings. The van der Waals surface area contributed by atoms with Crippen molar-refractivity contribution in [3.63, 3.8) is 0 Å². The molecular formula is C11H17NO4S2. The van der Waals surface area contributed by atoms with Crippen LogP contribution in [-0.4, -0.2) is 50.2 Å². The SMILES string of the molecule is Cc1cc(S(=O)(=O)N2CCOCC2CO)c(C)s1. The fourth-order valence-corrected chi connectivity index (χ4v) is 5.20. The smallest absolute Gasteiger partial charge is 0.244 e. The Labute approximate surface area is 111 Å². The number of hydrogen-bond acceptors (Lipinski definition) is 5. The van der Waals surface area contributed by atoms with E-state index in [0.717, 1.165) is 9.75 Å². The average Bonchev–Trinajstić information content (AvgIpc) is 2.69. The van der Waals surface area contributed by atoms with E-state index in [9.17, 15) is 13.5 Å². The van der Waals surface area contributed by atoms with Crippen molar-refractivity contribution in [2.45, 2.75) is 24.8 Å². The van der Waals surface area contributed by atoms with Gasteiger partial charge in [0.1, 0.15) is 0 Å². The zero-order valence-electron chi connectivity index (χ0n) is 10.4. The summed E-state index contributed by atoms with van der Waals surface area (Å²) in [5, 5.41) is 9.26. The molecule has 18 heavy (non-hydrogen) atoms. The van der Waals surface area contributed by atoms with Gasteiger partial charge in [-0.1, -0.05) is 0 Å². The number of sulfonamides is 1. The number of ether oxygens (including phenoxy) is 1. The van der Waals surface area contributed by atoms with Gasteiger partial charge in [0, 0.05) is 16.3 Å². The van der Waals surface area contributed by atoms with Gasteiger partial charge in [0.15, 0.2) is 0 Å². The monoisotopic (exact) mass is 291 g/mol. The van der Waals surface area contributed by atoms with E-state index in [1.165, 1.54) is 15.6 Å². The number of aliphatic hydroxyl groups excluding tert-OH is 1. The molecule has 0 aliphatic carbocycles. The van der Waals surface area contributed by atoms with Gasteiger partial charge < -0.3 is 9.84 Å². The van der Waals surface area contributed by atoms with E-state index in [2.05, 4.69) is 0 Å². The van der Waals surface area contributed by atoms with E-state index in [4.69, 9.17) is 4.74 Å². The number of aliphatic hydroxyl groups is 1. The van der Waals surface area contributed by atoms with Crippen molar-refractivity contribution in [1.82, 2.24) is 4.31 Å². The minimum absolute atomic E-state index is 0.221. The molecule has 1 aromatic heterocycles. The molecule has 5 nitrogen and oxygen atoms in total. The second-order valence-electron chi connectivity index (χ2n) is 4.30. The topological polar surface area (TPSA) is 66.8 Å². The van der Waals surface area contributed by atoms with Gasteiger partial charge in [-0.15, -0.1) is 11.3 Å². The molecule has 0 amide bonds. The molecule has 0 saturated carbocycles. The highest BCUT2D eigenvalue weighted by atomic mass is 32.2. The highest BCUT2D eigenvalue weighted by Gasteiger charge is 2.35. The predicted octanol–water partition coefficient (Wildman–Crippen LogP) is 0.747. The first-order valence-electron chi connectivity index (χ1n) is 5.74. The Balaban J connectivity index is 2.38. The Morgan fingerprint density at radius 2 is 2.28 bits per heavy atom. The lowest BCUT2D eigenvalue weighted by molar-refractivity contribution is 0.0109. The molecule has 1 N–H and O–H groups in total. The number of rotatable bonds is 3. The molecule has 0 spiro atoms. The van der Waals surface area contributed by atoms with Crippen LogP contribution in [0.25, 0.3) is 0 Å². The lowest BCUT2D eigenvalue weighted by Gasteiger charge is -2.33. The quantitative estimate of drug-likeness (QED) is 0.892. The van der Waals surface area contributed by atoms with Gasteiger partial charge in [0.25, 0.3) is 0 Å². The van der Waals surface area contributed by atoms with Crippen LogP contribution >= 0.6 is 11.3 Å². The molecule has 2 heterocycles. The first-order chi connectivity index (χ1) is 8.46. The molecule has 1 saturated heterocycles. The summed E-state index contributed by atoms with van der Waals surface area (Å²) in [6.45, 7) is 4.39. The largest absolute Gasteiger partial charge is 0.395 e. The van der Waals surface area contributed by atoms with Gasteiger partial charge >= 0.3 is 0 Å². The molecule has 1 atom stereocenters. The Morgan fingerprint density at radius 3 is 2.83 bits per heavy atom. The van der Waals surface area contributed by atoms with Crippen LogP contribution in [0.15, 0.2) is 11.0 Å². The summed E-state index contributed by atoms with van der Waals surface area (Å²) in [7, 11) is -3.53. The van der Waals surface area contributed by atoms with E-state index in [1.807, 2.05) is 6.92 Å². The zero-order chi connectivity index (χ0) is 13.3.